The van der Waals surface area contributed by atoms with E-state index < -0.39 is 0 Å². The lowest BCUT2D eigenvalue weighted by Crippen LogP contribution is -2.45. The monoisotopic (exact) mass is 340 g/mol. The van der Waals surface area contributed by atoms with Crippen molar-refractivity contribution in [3.05, 3.63) is 34.9 Å². The molecule has 0 bridgehead atoms. The van der Waals surface area contributed by atoms with Gasteiger partial charge in [-0.2, -0.15) is 0 Å². The van der Waals surface area contributed by atoms with E-state index in [-0.39, 0.29) is 34.9 Å². The number of carbonyl (C=O) groups is 2. The molecule has 3 nitrogen and oxygen atoms in total. The Hall–Kier alpha value is -1.48. The summed E-state index contributed by atoms with van der Waals surface area (Å²) in [5.74, 6) is 1.14. The summed E-state index contributed by atoms with van der Waals surface area (Å²) in [4.78, 5) is 24.3. The molecule has 0 aromatic carbocycles. The van der Waals surface area contributed by atoms with Crippen molar-refractivity contribution in [3.63, 3.8) is 0 Å². The summed E-state index contributed by atoms with van der Waals surface area (Å²) in [7, 11) is 0. The largest absolute Gasteiger partial charge is 0.389 e. The zero-order chi connectivity index (χ0) is 18.0. The van der Waals surface area contributed by atoms with E-state index in [1.807, 2.05) is 6.08 Å². The number of ketones is 2. The molecule has 4 aliphatic rings. The molecule has 4 rings (SSSR count). The van der Waals surface area contributed by atoms with Gasteiger partial charge in [0.25, 0.3) is 0 Å². The lowest BCUT2D eigenvalue weighted by Gasteiger charge is -2.53. The Morgan fingerprint density at radius 1 is 1.24 bits per heavy atom. The smallest absolute Gasteiger partial charge is 0.178 e. The number of fused-ring (bicyclic) bond motifs is 5. The first kappa shape index (κ1) is 17.0. The van der Waals surface area contributed by atoms with E-state index in [0.29, 0.717) is 11.8 Å². The van der Waals surface area contributed by atoms with Crippen LogP contribution in [0.2, 0.25) is 0 Å². The number of hydrogen-bond donors (Lipinski definition) is 1. The molecule has 1 N–H and O–H groups in total. The zero-order valence-corrected chi connectivity index (χ0v) is 15.5. The lowest BCUT2D eigenvalue weighted by molar-refractivity contribution is -0.129. The number of hydrogen-bond acceptors (Lipinski definition) is 3. The van der Waals surface area contributed by atoms with E-state index >= 15 is 0 Å². The molecule has 25 heavy (non-hydrogen) atoms. The standard InChI is InChI=1S/C22H28O3/c1-13-10-15(24)11-14-4-5-16-17-6-7-19(20(25)12-23)21(17,2)9-8-18(16)22(13,14)3/h8,10-11,16-17,19,23H,4-7,9,12H2,1-3H3/t16-,17-,19+,21-,22-/m0/s1. The van der Waals surface area contributed by atoms with Crippen molar-refractivity contribution < 1.29 is 14.7 Å². The summed E-state index contributed by atoms with van der Waals surface area (Å²) in [5, 5.41) is 9.38. The second-order valence-corrected chi connectivity index (χ2v) is 8.90. The normalized spacial score (nSPS) is 42.6. The summed E-state index contributed by atoms with van der Waals surface area (Å²) >= 11 is 0. The summed E-state index contributed by atoms with van der Waals surface area (Å²) in [5.41, 5.74) is 3.77. The molecule has 4 aliphatic carbocycles. The molecule has 2 saturated carbocycles. The fraction of sp³-hybridized carbons (Fsp3) is 0.636. The van der Waals surface area contributed by atoms with Crippen molar-refractivity contribution in [3.8, 4) is 0 Å². The minimum Gasteiger partial charge on any atom is -0.389 e. The van der Waals surface area contributed by atoms with Crippen molar-refractivity contribution >= 4 is 11.6 Å². The average molecular weight is 340 g/mol. The van der Waals surface area contributed by atoms with Crippen molar-refractivity contribution in [2.45, 2.75) is 52.9 Å². The third-order valence-corrected chi connectivity index (χ3v) is 8.01. The van der Waals surface area contributed by atoms with E-state index in [0.717, 1.165) is 37.7 Å². The van der Waals surface area contributed by atoms with Crippen LogP contribution in [0.15, 0.2) is 34.9 Å². The van der Waals surface area contributed by atoms with Gasteiger partial charge in [-0.05, 0) is 75.4 Å². The van der Waals surface area contributed by atoms with Gasteiger partial charge < -0.3 is 5.11 Å². The minimum absolute atomic E-state index is 0.00498. The first-order valence-electron chi connectivity index (χ1n) is 9.60. The first-order valence-corrected chi connectivity index (χ1v) is 9.60. The van der Waals surface area contributed by atoms with Crippen LogP contribution in [0.1, 0.15) is 52.9 Å². The highest BCUT2D eigenvalue weighted by Gasteiger charge is 2.57. The quantitative estimate of drug-likeness (QED) is 0.778. The first-order chi connectivity index (χ1) is 11.8. The van der Waals surface area contributed by atoms with Crippen LogP contribution in [0.4, 0.5) is 0 Å². The molecule has 0 aliphatic heterocycles. The Bertz CT molecular complexity index is 740. The Kier molecular flexibility index (Phi) is 3.74. The molecule has 3 heteroatoms. The Labute approximate surface area is 149 Å². The van der Waals surface area contributed by atoms with Crippen LogP contribution in [0.25, 0.3) is 0 Å². The number of rotatable bonds is 2. The Morgan fingerprint density at radius 3 is 2.72 bits per heavy atom. The molecular weight excluding hydrogens is 312 g/mol. The molecule has 134 valence electrons. The van der Waals surface area contributed by atoms with Gasteiger partial charge in [0.15, 0.2) is 11.6 Å². The van der Waals surface area contributed by atoms with Crippen molar-refractivity contribution in [2.24, 2.45) is 28.6 Å². The number of carbonyl (C=O) groups excluding carboxylic acids is 2. The summed E-state index contributed by atoms with van der Waals surface area (Å²) in [6.07, 6.45) is 11.0. The molecule has 0 saturated heterocycles. The highest BCUT2D eigenvalue weighted by Crippen LogP contribution is 2.64. The highest BCUT2D eigenvalue weighted by molar-refractivity contribution is 6.02. The highest BCUT2D eigenvalue weighted by atomic mass is 16.3. The van der Waals surface area contributed by atoms with Crippen LogP contribution in [-0.4, -0.2) is 23.3 Å². The molecule has 0 aromatic heterocycles. The predicted octanol–water partition coefficient (Wildman–Crippen LogP) is 3.78. The van der Waals surface area contributed by atoms with Gasteiger partial charge in [-0.15, -0.1) is 0 Å². The summed E-state index contributed by atoms with van der Waals surface area (Å²) in [6.45, 7) is 6.30. The topological polar surface area (TPSA) is 54.4 Å². The van der Waals surface area contributed by atoms with Crippen LogP contribution in [0.3, 0.4) is 0 Å². The van der Waals surface area contributed by atoms with Crippen LogP contribution in [-0.2, 0) is 9.59 Å². The molecule has 0 unspecified atom stereocenters. The van der Waals surface area contributed by atoms with E-state index in [1.165, 1.54) is 11.1 Å². The van der Waals surface area contributed by atoms with E-state index in [1.54, 1.807) is 6.08 Å². The van der Waals surface area contributed by atoms with Crippen LogP contribution >= 0.6 is 0 Å². The third kappa shape index (κ3) is 2.14. The second kappa shape index (κ2) is 5.51. The molecule has 5 atom stereocenters. The maximum Gasteiger partial charge on any atom is 0.178 e. The molecular formula is C22H28O3. The number of aliphatic hydroxyl groups excluding tert-OH is 1. The molecule has 0 radical (unpaired) electrons. The van der Waals surface area contributed by atoms with Gasteiger partial charge in [0, 0.05) is 11.3 Å². The molecule has 0 heterocycles. The van der Waals surface area contributed by atoms with Crippen molar-refractivity contribution in [1.82, 2.24) is 0 Å². The maximum absolute atomic E-state index is 12.3. The fourth-order valence-electron chi connectivity index (χ4n) is 6.50. The van der Waals surface area contributed by atoms with Gasteiger partial charge in [-0.3, -0.25) is 9.59 Å². The predicted molar refractivity (Wildman–Crippen MR) is 96.8 cm³/mol. The van der Waals surface area contributed by atoms with Crippen LogP contribution in [0, 0.1) is 28.6 Å². The molecule has 0 aromatic rings. The number of aliphatic hydroxyl groups is 1. The SMILES string of the molecule is CC1=CC(=O)C=C2CC[C@@H]3C(=CC[C@]4(C)[C@@H](C(=O)CO)CC[C@@H]34)[C@@]12C. The fourth-order valence-corrected chi connectivity index (χ4v) is 6.50. The minimum atomic E-state index is -0.331. The van der Waals surface area contributed by atoms with E-state index in [9.17, 15) is 14.7 Å². The van der Waals surface area contributed by atoms with Gasteiger partial charge in [-0.25, -0.2) is 0 Å². The van der Waals surface area contributed by atoms with E-state index in [4.69, 9.17) is 0 Å². The van der Waals surface area contributed by atoms with Crippen LogP contribution in [0.5, 0.6) is 0 Å². The Morgan fingerprint density at radius 2 is 2.00 bits per heavy atom. The average Bonchev–Trinajstić information content (AvgIpc) is 2.93. The van der Waals surface area contributed by atoms with Gasteiger partial charge in [0.1, 0.15) is 6.61 Å². The number of allylic oxidation sites excluding steroid dienone is 6. The van der Waals surface area contributed by atoms with Gasteiger partial charge in [-0.1, -0.05) is 29.7 Å². The molecule has 2 fully saturated rings. The van der Waals surface area contributed by atoms with Crippen LogP contribution < -0.4 is 0 Å². The summed E-state index contributed by atoms with van der Waals surface area (Å²) in [6, 6.07) is 0. The Balaban J connectivity index is 1.76. The van der Waals surface area contributed by atoms with Crippen molar-refractivity contribution in [1.29, 1.82) is 0 Å². The number of Topliss-reactive ketones (excluding diaryl/α,β-unsaturated/α-hetero) is 1. The maximum atomic E-state index is 12.3. The third-order valence-electron chi connectivity index (χ3n) is 8.01. The second-order valence-electron chi connectivity index (χ2n) is 8.90. The van der Waals surface area contributed by atoms with E-state index in [2.05, 4.69) is 26.8 Å². The van der Waals surface area contributed by atoms with Gasteiger partial charge in [0.05, 0.1) is 0 Å². The molecule has 0 spiro atoms. The zero-order valence-electron chi connectivity index (χ0n) is 15.5. The van der Waals surface area contributed by atoms with Crippen molar-refractivity contribution in [2.75, 3.05) is 6.61 Å². The molecule has 0 amide bonds. The van der Waals surface area contributed by atoms with Gasteiger partial charge in [0.2, 0.25) is 0 Å². The van der Waals surface area contributed by atoms with Gasteiger partial charge >= 0.3 is 0 Å². The lowest BCUT2D eigenvalue weighted by atomic mass is 9.50. The summed E-state index contributed by atoms with van der Waals surface area (Å²) < 4.78 is 0.